The van der Waals surface area contributed by atoms with Crippen LogP contribution in [0.5, 0.6) is 0 Å². The lowest BCUT2D eigenvalue weighted by Crippen LogP contribution is -2.42. The number of aliphatic hydroxyl groups is 1. The van der Waals surface area contributed by atoms with Crippen molar-refractivity contribution in [1.29, 1.82) is 0 Å². The molecule has 0 fully saturated rings. The van der Waals surface area contributed by atoms with Gasteiger partial charge < -0.3 is 10.0 Å². The van der Waals surface area contributed by atoms with Crippen LogP contribution in [-0.2, 0) is 0 Å². The van der Waals surface area contributed by atoms with Gasteiger partial charge in [0.2, 0.25) is 0 Å². The average Bonchev–Trinajstić information content (AvgIpc) is 2.89. The van der Waals surface area contributed by atoms with Crippen LogP contribution in [0.1, 0.15) is 28.5 Å². The minimum atomic E-state index is -0.196. The number of hydrogen-bond donors (Lipinski definition) is 1. The normalized spacial score (nSPS) is 12.5. The van der Waals surface area contributed by atoms with Crippen molar-refractivity contribution in [2.75, 3.05) is 13.7 Å². The van der Waals surface area contributed by atoms with E-state index >= 15 is 0 Å². The van der Waals surface area contributed by atoms with Crippen molar-refractivity contribution in [1.82, 2.24) is 9.88 Å². The molecule has 5 heteroatoms. The highest BCUT2D eigenvalue weighted by Gasteiger charge is 2.27. The first-order valence-corrected chi connectivity index (χ1v) is 8.18. The molecule has 1 N–H and O–H groups in total. The van der Waals surface area contributed by atoms with E-state index in [0.717, 1.165) is 16.3 Å². The molecule has 0 aliphatic heterocycles. The van der Waals surface area contributed by atoms with E-state index in [9.17, 15) is 9.90 Å². The molecule has 1 aromatic carbocycles. The summed E-state index contributed by atoms with van der Waals surface area (Å²) in [5, 5.41) is 10.4. The Bertz CT molecular complexity index is 637. The van der Waals surface area contributed by atoms with Crippen molar-refractivity contribution in [3.05, 3.63) is 40.2 Å². The SMILES string of the molecule is Cc1nc(-c2ccccc2)c(C(=O)N(C)C(CO)C(C)C)s1. The van der Waals surface area contributed by atoms with Crippen LogP contribution in [0.15, 0.2) is 30.3 Å². The summed E-state index contributed by atoms with van der Waals surface area (Å²) in [6.45, 7) is 5.86. The largest absolute Gasteiger partial charge is 0.394 e. The fourth-order valence-electron chi connectivity index (χ4n) is 2.45. The predicted octanol–water partition coefficient (Wildman–Crippen LogP) is 3.21. The zero-order valence-electron chi connectivity index (χ0n) is 13.4. The number of hydrogen-bond acceptors (Lipinski definition) is 4. The molecule has 2 aromatic rings. The first kappa shape index (κ1) is 16.6. The molecule has 0 bridgehead atoms. The molecule has 1 aromatic heterocycles. The number of likely N-dealkylation sites (N-methyl/N-ethyl adjacent to an activating group) is 1. The van der Waals surface area contributed by atoms with Crippen molar-refractivity contribution in [2.24, 2.45) is 5.92 Å². The summed E-state index contributed by atoms with van der Waals surface area (Å²) in [5.74, 6) is 0.102. The highest BCUT2D eigenvalue weighted by Crippen LogP contribution is 2.29. The molecule has 2 rings (SSSR count). The standard InChI is InChI=1S/C17H22N2O2S/c1-11(2)14(10-20)19(4)17(21)16-15(18-12(3)22-16)13-8-6-5-7-9-13/h5-9,11,14,20H,10H2,1-4H3. The Morgan fingerprint density at radius 1 is 1.32 bits per heavy atom. The second-order valence-electron chi connectivity index (χ2n) is 5.69. The van der Waals surface area contributed by atoms with Crippen molar-refractivity contribution in [3.8, 4) is 11.3 Å². The Morgan fingerprint density at radius 2 is 1.95 bits per heavy atom. The van der Waals surface area contributed by atoms with Crippen LogP contribution in [0.4, 0.5) is 0 Å². The summed E-state index contributed by atoms with van der Waals surface area (Å²) in [6, 6.07) is 9.53. The van der Waals surface area contributed by atoms with Gasteiger partial charge in [-0.1, -0.05) is 44.2 Å². The van der Waals surface area contributed by atoms with E-state index < -0.39 is 0 Å². The number of nitrogens with zero attached hydrogens (tertiary/aromatic N) is 2. The van der Waals surface area contributed by atoms with Crippen LogP contribution < -0.4 is 0 Å². The Kier molecular flexibility index (Phi) is 5.32. The molecule has 22 heavy (non-hydrogen) atoms. The molecule has 1 amide bonds. The molecule has 1 atom stereocenters. The molecule has 118 valence electrons. The van der Waals surface area contributed by atoms with Gasteiger partial charge in [0.05, 0.1) is 23.4 Å². The third-order valence-electron chi connectivity index (χ3n) is 3.75. The van der Waals surface area contributed by atoms with Crippen LogP contribution in [0, 0.1) is 12.8 Å². The lowest BCUT2D eigenvalue weighted by Gasteiger charge is -2.29. The number of carbonyl (C=O) groups is 1. The number of benzene rings is 1. The molecule has 0 radical (unpaired) electrons. The van der Waals surface area contributed by atoms with Crippen LogP contribution in [-0.4, -0.2) is 40.6 Å². The van der Waals surface area contributed by atoms with Gasteiger partial charge in [-0.2, -0.15) is 0 Å². The zero-order valence-corrected chi connectivity index (χ0v) is 14.2. The van der Waals surface area contributed by atoms with Gasteiger partial charge >= 0.3 is 0 Å². The Hall–Kier alpha value is -1.72. The summed E-state index contributed by atoms with van der Waals surface area (Å²) in [7, 11) is 1.74. The third-order valence-corrected chi connectivity index (χ3v) is 4.71. The topological polar surface area (TPSA) is 53.4 Å². The van der Waals surface area contributed by atoms with E-state index in [1.165, 1.54) is 11.3 Å². The fraction of sp³-hybridized carbons (Fsp3) is 0.412. The van der Waals surface area contributed by atoms with Crippen molar-refractivity contribution in [3.63, 3.8) is 0 Å². The van der Waals surface area contributed by atoms with E-state index in [1.54, 1.807) is 11.9 Å². The third kappa shape index (κ3) is 3.36. The van der Waals surface area contributed by atoms with Crippen molar-refractivity contribution >= 4 is 17.2 Å². The number of rotatable bonds is 5. The highest BCUT2D eigenvalue weighted by molar-refractivity contribution is 7.14. The zero-order chi connectivity index (χ0) is 16.3. The van der Waals surface area contributed by atoms with E-state index in [2.05, 4.69) is 4.98 Å². The second kappa shape index (κ2) is 7.03. The van der Waals surface area contributed by atoms with Crippen molar-refractivity contribution in [2.45, 2.75) is 26.8 Å². The summed E-state index contributed by atoms with van der Waals surface area (Å²) < 4.78 is 0. The highest BCUT2D eigenvalue weighted by atomic mass is 32.1. The smallest absolute Gasteiger partial charge is 0.266 e. The maximum absolute atomic E-state index is 12.8. The van der Waals surface area contributed by atoms with Gasteiger partial charge in [0, 0.05) is 12.6 Å². The van der Waals surface area contributed by atoms with E-state index in [4.69, 9.17) is 0 Å². The Balaban J connectivity index is 2.39. The molecule has 0 saturated heterocycles. The average molecular weight is 318 g/mol. The van der Waals surface area contributed by atoms with Crippen LogP contribution in [0.2, 0.25) is 0 Å². The molecule has 0 spiro atoms. The molecule has 0 aliphatic carbocycles. The number of aliphatic hydroxyl groups excluding tert-OH is 1. The van der Waals surface area contributed by atoms with Crippen molar-refractivity contribution < 1.29 is 9.90 Å². The summed E-state index contributed by atoms with van der Waals surface area (Å²) in [4.78, 5) is 19.6. The molecular weight excluding hydrogens is 296 g/mol. The fourth-order valence-corrected chi connectivity index (χ4v) is 3.38. The number of aryl methyl sites for hydroxylation is 1. The van der Waals surface area contributed by atoms with Crippen LogP contribution in [0.25, 0.3) is 11.3 Å². The van der Waals surface area contributed by atoms with Gasteiger partial charge in [0.1, 0.15) is 4.88 Å². The first-order valence-electron chi connectivity index (χ1n) is 7.36. The number of carbonyl (C=O) groups excluding carboxylic acids is 1. The lowest BCUT2D eigenvalue weighted by molar-refractivity contribution is 0.0593. The Morgan fingerprint density at radius 3 is 2.50 bits per heavy atom. The van der Waals surface area contributed by atoms with Gasteiger partial charge in [0.25, 0.3) is 5.91 Å². The second-order valence-corrected chi connectivity index (χ2v) is 6.89. The summed E-state index contributed by atoms with van der Waals surface area (Å²) in [6.07, 6.45) is 0. The quantitative estimate of drug-likeness (QED) is 0.921. The molecule has 1 unspecified atom stereocenters. The molecule has 4 nitrogen and oxygen atoms in total. The van der Waals surface area contributed by atoms with E-state index in [-0.39, 0.29) is 24.5 Å². The number of amides is 1. The van der Waals surface area contributed by atoms with Crippen LogP contribution >= 0.6 is 11.3 Å². The van der Waals surface area contributed by atoms with Gasteiger partial charge in [-0.25, -0.2) is 4.98 Å². The lowest BCUT2D eigenvalue weighted by atomic mass is 10.0. The van der Waals surface area contributed by atoms with Gasteiger partial charge in [-0.3, -0.25) is 4.79 Å². The maximum atomic E-state index is 12.8. The number of thiazole rings is 1. The molecular formula is C17H22N2O2S. The van der Waals surface area contributed by atoms with Gasteiger partial charge in [-0.05, 0) is 12.8 Å². The summed E-state index contributed by atoms with van der Waals surface area (Å²) >= 11 is 1.40. The minimum Gasteiger partial charge on any atom is -0.394 e. The first-order chi connectivity index (χ1) is 10.5. The Labute approximate surface area is 135 Å². The van der Waals surface area contributed by atoms with E-state index in [1.807, 2.05) is 51.1 Å². The monoisotopic (exact) mass is 318 g/mol. The molecule has 0 aliphatic rings. The molecule has 1 heterocycles. The predicted molar refractivity (Wildman–Crippen MR) is 90.1 cm³/mol. The maximum Gasteiger partial charge on any atom is 0.266 e. The van der Waals surface area contributed by atoms with Crippen LogP contribution in [0.3, 0.4) is 0 Å². The van der Waals surface area contributed by atoms with Gasteiger partial charge in [-0.15, -0.1) is 11.3 Å². The van der Waals surface area contributed by atoms with Gasteiger partial charge in [0.15, 0.2) is 0 Å². The summed E-state index contributed by atoms with van der Waals surface area (Å²) in [5.41, 5.74) is 1.66. The minimum absolute atomic E-state index is 0.0433. The molecule has 0 saturated carbocycles. The number of aromatic nitrogens is 1. The van der Waals surface area contributed by atoms with E-state index in [0.29, 0.717) is 4.88 Å².